The van der Waals surface area contributed by atoms with Gasteiger partial charge >= 0.3 is 0 Å². The fraction of sp³-hybridized carbons (Fsp3) is 0.414. The number of carbonyl (C=O) groups excluding carboxylic acids is 2. The molecule has 0 spiro atoms. The second-order valence-electron chi connectivity index (χ2n) is 9.58. The van der Waals surface area contributed by atoms with Gasteiger partial charge in [-0.1, -0.05) is 56.2 Å². The first-order valence-corrected chi connectivity index (χ1v) is 12.3. The van der Waals surface area contributed by atoms with E-state index >= 15 is 0 Å². The number of Topliss-reactive ketones (excluding diaryl/α,β-unsaturated/α-hetero) is 1. The summed E-state index contributed by atoms with van der Waals surface area (Å²) in [5.41, 5.74) is 2.53. The summed E-state index contributed by atoms with van der Waals surface area (Å²) in [6.45, 7) is 10.2. The van der Waals surface area contributed by atoms with Crippen molar-refractivity contribution in [2.75, 3.05) is 7.11 Å². The third-order valence-electron chi connectivity index (χ3n) is 7.54. The maximum atomic E-state index is 12.4. The molecule has 1 aliphatic rings. The standard InChI is InChI=1S/C29H34ClNO4/c1-18(13-14-29(5)19(2)10-12-25(33)21(29)4)9-11-23-27(34-6)24(17-32)20(3)26(30)28(23)35-22-8-7-15-31-16-22/h7-9,13-17,19,21H,10-12H2,1-6H3/b14-13+,18-9+/t19-,21+,29+/m1/s1. The van der Waals surface area contributed by atoms with Gasteiger partial charge in [0.15, 0.2) is 12.0 Å². The van der Waals surface area contributed by atoms with E-state index < -0.39 is 0 Å². The summed E-state index contributed by atoms with van der Waals surface area (Å²) in [5, 5.41) is 0.365. The maximum Gasteiger partial charge on any atom is 0.154 e. The normalized spacial score (nSPS) is 22.9. The summed E-state index contributed by atoms with van der Waals surface area (Å²) in [6, 6.07) is 3.57. The van der Waals surface area contributed by atoms with Crippen LogP contribution in [0.2, 0.25) is 5.02 Å². The van der Waals surface area contributed by atoms with Gasteiger partial charge in [-0.3, -0.25) is 14.6 Å². The molecule has 0 unspecified atom stereocenters. The van der Waals surface area contributed by atoms with Gasteiger partial charge in [-0.25, -0.2) is 0 Å². The van der Waals surface area contributed by atoms with Crippen LogP contribution < -0.4 is 9.47 Å². The predicted octanol–water partition coefficient (Wildman–Crippen LogP) is 7.34. The molecule has 0 N–H and O–H groups in total. The topological polar surface area (TPSA) is 65.5 Å². The molecule has 1 fully saturated rings. The number of rotatable bonds is 8. The number of hydrogen-bond donors (Lipinski definition) is 0. The van der Waals surface area contributed by atoms with Crippen molar-refractivity contribution in [1.29, 1.82) is 0 Å². The monoisotopic (exact) mass is 495 g/mol. The van der Waals surface area contributed by atoms with Crippen molar-refractivity contribution in [3.05, 3.63) is 70.0 Å². The minimum absolute atomic E-state index is 0.0130. The average molecular weight is 496 g/mol. The minimum atomic E-state index is -0.186. The molecule has 6 heteroatoms. The summed E-state index contributed by atoms with van der Waals surface area (Å²) >= 11 is 6.68. The van der Waals surface area contributed by atoms with Crippen LogP contribution in [0.1, 0.15) is 62.0 Å². The first-order chi connectivity index (χ1) is 16.6. The fourth-order valence-electron chi connectivity index (χ4n) is 4.66. The van der Waals surface area contributed by atoms with Crippen molar-refractivity contribution < 1.29 is 19.1 Å². The van der Waals surface area contributed by atoms with E-state index in [1.165, 1.54) is 7.11 Å². The highest BCUT2D eigenvalue weighted by molar-refractivity contribution is 6.33. The number of aldehydes is 1. The van der Waals surface area contributed by atoms with E-state index in [-0.39, 0.29) is 11.3 Å². The lowest BCUT2D eigenvalue weighted by molar-refractivity contribution is -0.129. The number of nitrogens with zero attached hydrogens (tertiary/aromatic N) is 1. The molecular weight excluding hydrogens is 462 g/mol. The van der Waals surface area contributed by atoms with Crippen LogP contribution in [-0.4, -0.2) is 24.2 Å². The Labute approximate surface area is 213 Å². The predicted molar refractivity (Wildman–Crippen MR) is 140 cm³/mol. The number of allylic oxidation sites excluding steroid dienone is 4. The van der Waals surface area contributed by atoms with Crippen LogP contribution >= 0.6 is 11.6 Å². The van der Waals surface area contributed by atoms with Crippen LogP contribution in [0.5, 0.6) is 17.2 Å². The van der Waals surface area contributed by atoms with Crippen molar-refractivity contribution in [2.24, 2.45) is 17.3 Å². The van der Waals surface area contributed by atoms with Gasteiger partial charge in [-0.15, -0.1) is 0 Å². The molecule has 1 aromatic carbocycles. The number of ketones is 1. The minimum Gasteiger partial charge on any atom is -0.496 e. The van der Waals surface area contributed by atoms with Crippen LogP contribution in [0.15, 0.2) is 48.3 Å². The zero-order valence-electron chi connectivity index (χ0n) is 21.4. The van der Waals surface area contributed by atoms with Gasteiger partial charge in [0.05, 0.1) is 23.9 Å². The lowest BCUT2D eigenvalue weighted by Crippen LogP contribution is -2.40. The Kier molecular flexibility index (Phi) is 8.55. The number of benzene rings is 1. The molecule has 0 aliphatic heterocycles. The van der Waals surface area contributed by atoms with Crippen LogP contribution in [0.3, 0.4) is 0 Å². The van der Waals surface area contributed by atoms with Crippen LogP contribution in [0.4, 0.5) is 0 Å². The second kappa shape index (κ2) is 11.2. The Morgan fingerprint density at radius 2 is 2.06 bits per heavy atom. The number of ether oxygens (including phenoxy) is 2. The number of hydrogen-bond acceptors (Lipinski definition) is 5. The van der Waals surface area contributed by atoms with Crippen molar-refractivity contribution >= 4 is 23.7 Å². The van der Waals surface area contributed by atoms with Gasteiger partial charge in [0.25, 0.3) is 0 Å². The molecule has 186 valence electrons. The Hall–Kier alpha value is -2.92. The van der Waals surface area contributed by atoms with E-state index in [1.807, 2.05) is 19.9 Å². The Balaban J connectivity index is 1.99. The third kappa shape index (κ3) is 5.51. The molecule has 0 radical (unpaired) electrons. The van der Waals surface area contributed by atoms with E-state index in [9.17, 15) is 9.59 Å². The number of carbonyl (C=O) groups is 2. The summed E-state index contributed by atoms with van der Waals surface area (Å²) < 4.78 is 11.8. The molecule has 0 bridgehead atoms. The molecule has 35 heavy (non-hydrogen) atoms. The molecule has 1 saturated carbocycles. The van der Waals surface area contributed by atoms with Crippen LogP contribution in [0.25, 0.3) is 0 Å². The van der Waals surface area contributed by atoms with Gasteiger partial charge in [-0.2, -0.15) is 0 Å². The van der Waals surface area contributed by atoms with Crippen molar-refractivity contribution in [1.82, 2.24) is 4.98 Å². The largest absolute Gasteiger partial charge is 0.496 e. The van der Waals surface area contributed by atoms with E-state index in [2.05, 4.69) is 31.0 Å². The zero-order chi connectivity index (χ0) is 25.8. The van der Waals surface area contributed by atoms with E-state index in [1.54, 1.807) is 31.5 Å². The van der Waals surface area contributed by atoms with Gasteiger partial charge in [0.1, 0.15) is 17.3 Å². The SMILES string of the molecule is COc1c(C=O)c(C)c(Cl)c(Oc2cccnc2)c1C/C=C(C)/C=C/[C@@]1(C)[C@H](C)CCC(=O)[C@@H]1C. The quantitative estimate of drug-likeness (QED) is 0.283. The maximum absolute atomic E-state index is 12.4. The Morgan fingerprint density at radius 3 is 2.69 bits per heavy atom. The highest BCUT2D eigenvalue weighted by atomic mass is 35.5. The fourth-order valence-corrected chi connectivity index (χ4v) is 4.91. The Morgan fingerprint density at radius 1 is 1.31 bits per heavy atom. The molecule has 3 atom stereocenters. The van der Waals surface area contributed by atoms with E-state index in [4.69, 9.17) is 21.1 Å². The van der Waals surface area contributed by atoms with Gasteiger partial charge < -0.3 is 9.47 Å². The molecule has 1 aliphatic carbocycles. The van der Waals surface area contributed by atoms with Crippen LogP contribution in [0, 0.1) is 24.2 Å². The average Bonchev–Trinajstić information content (AvgIpc) is 2.86. The number of methoxy groups -OCH3 is 1. The molecule has 2 aromatic rings. The van der Waals surface area contributed by atoms with Gasteiger partial charge in [-0.05, 0) is 55.7 Å². The van der Waals surface area contributed by atoms with Crippen molar-refractivity contribution in [2.45, 2.75) is 53.9 Å². The highest BCUT2D eigenvalue weighted by Gasteiger charge is 2.41. The van der Waals surface area contributed by atoms with Crippen molar-refractivity contribution in [3.63, 3.8) is 0 Å². The summed E-state index contributed by atoms with van der Waals surface area (Å²) in [7, 11) is 1.53. The molecule has 5 nitrogen and oxygen atoms in total. The first kappa shape index (κ1) is 26.7. The molecule has 1 aromatic heterocycles. The van der Waals surface area contributed by atoms with Gasteiger partial charge in [0, 0.05) is 24.1 Å². The lowest BCUT2D eigenvalue weighted by Gasteiger charge is -2.42. The zero-order valence-corrected chi connectivity index (χ0v) is 22.1. The molecule has 0 amide bonds. The van der Waals surface area contributed by atoms with Crippen LogP contribution in [-0.2, 0) is 11.2 Å². The Bertz CT molecular complexity index is 1160. The number of halogens is 1. The smallest absolute Gasteiger partial charge is 0.154 e. The summed E-state index contributed by atoms with van der Waals surface area (Å²) in [5.74, 6) is 2.16. The molecular formula is C29H34ClNO4. The summed E-state index contributed by atoms with van der Waals surface area (Å²) in [6.07, 6.45) is 12.3. The highest BCUT2D eigenvalue weighted by Crippen LogP contribution is 2.45. The van der Waals surface area contributed by atoms with E-state index in [0.29, 0.717) is 63.5 Å². The molecule has 1 heterocycles. The third-order valence-corrected chi connectivity index (χ3v) is 7.99. The lowest BCUT2D eigenvalue weighted by atomic mass is 9.61. The number of pyridine rings is 1. The second-order valence-corrected chi connectivity index (χ2v) is 9.96. The van der Waals surface area contributed by atoms with Gasteiger partial charge in [0.2, 0.25) is 0 Å². The molecule has 0 saturated heterocycles. The first-order valence-electron chi connectivity index (χ1n) is 11.9. The van der Waals surface area contributed by atoms with E-state index in [0.717, 1.165) is 18.3 Å². The molecule has 3 rings (SSSR count). The number of aromatic nitrogens is 1. The summed E-state index contributed by atoms with van der Waals surface area (Å²) in [4.78, 5) is 28.3. The van der Waals surface area contributed by atoms with Crippen molar-refractivity contribution in [3.8, 4) is 17.2 Å².